The van der Waals surface area contributed by atoms with E-state index in [-0.39, 0.29) is 36.9 Å². The van der Waals surface area contributed by atoms with Crippen LogP contribution in [0.3, 0.4) is 0 Å². The standard InChI is InChI=1S/C45H60O6/c1-6-8-9-10-37-19-22-42(26-36(37)7-2)39-17-20-40(21-18-39)43-24-23-41(25-31(43)3)38-15-13-34(14-16-38)11-12-35(29-50-44(48)32(4)27-46)30-51-45(49)33(5)28-47/h17-26,34-35,38,44,46-48H,4-16,27-30H2,1-3H3. The summed E-state index contributed by atoms with van der Waals surface area (Å²) in [5, 5.41) is 28.5. The maximum absolute atomic E-state index is 12.1. The summed E-state index contributed by atoms with van der Waals surface area (Å²) in [5.41, 5.74) is 10.9. The number of rotatable bonds is 20. The van der Waals surface area contributed by atoms with E-state index in [1.807, 2.05) is 0 Å². The maximum Gasteiger partial charge on any atom is 0.335 e. The van der Waals surface area contributed by atoms with E-state index in [4.69, 9.17) is 9.47 Å². The number of hydrogen-bond donors (Lipinski definition) is 3. The van der Waals surface area contributed by atoms with E-state index in [1.54, 1.807) is 0 Å². The summed E-state index contributed by atoms with van der Waals surface area (Å²) in [6, 6.07) is 23.0. The zero-order valence-corrected chi connectivity index (χ0v) is 31.2. The van der Waals surface area contributed by atoms with Crippen LogP contribution in [-0.2, 0) is 27.1 Å². The number of carbonyl (C=O) groups is 1. The second-order valence-corrected chi connectivity index (χ2v) is 14.5. The Balaban J connectivity index is 1.31. The number of hydrogen-bond acceptors (Lipinski definition) is 6. The average Bonchev–Trinajstić information content (AvgIpc) is 3.17. The van der Waals surface area contributed by atoms with E-state index in [1.165, 1.54) is 70.2 Å². The van der Waals surface area contributed by atoms with E-state index in [0.717, 1.165) is 44.9 Å². The fourth-order valence-electron chi connectivity index (χ4n) is 7.30. The molecule has 2 atom stereocenters. The zero-order chi connectivity index (χ0) is 36.8. The average molecular weight is 697 g/mol. The summed E-state index contributed by atoms with van der Waals surface area (Å²) in [6.45, 7) is 13.3. The van der Waals surface area contributed by atoms with Crippen LogP contribution in [0.25, 0.3) is 22.3 Å². The van der Waals surface area contributed by atoms with Crippen LogP contribution in [0.2, 0.25) is 0 Å². The van der Waals surface area contributed by atoms with Crippen LogP contribution in [0.1, 0.15) is 99.8 Å². The molecular formula is C45H60O6. The highest BCUT2D eigenvalue weighted by molar-refractivity contribution is 5.87. The van der Waals surface area contributed by atoms with Crippen LogP contribution < -0.4 is 0 Å². The van der Waals surface area contributed by atoms with E-state index in [0.29, 0.717) is 11.8 Å². The molecule has 1 aliphatic carbocycles. The smallest absolute Gasteiger partial charge is 0.335 e. The van der Waals surface area contributed by atoms with Gasteiger partial charge < -0.3 is 24.8 Å². The lowest BCUT2D eigenvalue weighted by Gasteiger charge is -2.30. The number of ether oxygens (including phenoxy) is 2. The van der Waals surface area contributed by atoms with Gasteiger partial charge in [0.05, 0.1) is 32.0 Å². The molecule has 0 spiro atoms. The van der Waals surface area contributed by atoms with Crippen molar-refractivity contribution in [1.29, 1.82) is 0 Å². The molecule has 0 bridgehead atoms. The number of benzene rings is 3. The van der Waals surface area contributed by atoms with Gasteiger partial charge in [-0.2, -0.15) is 0 Å². The molecule has 0 aromatic heterocycles. The van der Waals surface area contributed by atoms with Gasteiger partial charge in [0.15, 0.2) is 6.29 Å². The number of esters is 1. The van der Waals surface area contributed by atoms with Crippen molar-refractivity contribution in [3.05, 3.63) is 107 Å². The van der Waals surface area contributed by atoms with Gasteiger partial charge in [-0.1, -0.05) is 101 Å². The van der Waals surface area contributed by atoms with Crippen molar-refractivity contribution < 1.29 is 29.6 Å². The van der Waals surface area contributed by atoms with Gasteiger partial charge in [0.25, 0.3) is 0 Å². The topological polar surface area (TPSA) is 96.2 Å². The summed E-state index contributed by atoms with van der Waals surface area (Å²) in [5.74, 6) is 0.330. The van der Waals surface area contributed by atoms with E-state index in [2.05, 4.69) is 94.6 Å². The molecule has 0 saturated heterocycles. The lowest BCUT2D eigenvalue weighted by molar-refractivity contribution is -0.143. The summed E-state index contributed by atoms with van der Waals surface area (Å²) in [7, 11) is 0. The fourth-order valence-corrected chi connectivity index (χ4v) is 7.30. The molecule has 3 N–H and O–H groups in total. The van der Waals surface area contributed by atoms with Gasteiger partial charge in [-0.25, -0.2) is 4.79 Å². The third-order valence-electron chi connectivity index (χ3n) is 10.7. The van der Waals surface area contributed by atoms with Crippen molar-refractivity contribution in [3.8, 4) is 22.3 Å². The first kappa shape index (κ1) is 40.2. The van der Waals surface area contributed by atoms with Crippen LogP contribution in [-0.4, -0.2) is 54.0 Å². The first-order chi connectivity index (χ1) is 24.7. The normalized spacial score (nSPS) is 17.1. The zero-order valence-electron chi connectivity index (χ0n) is 31.2. The van der Waals surface area contributed by atoms with Crippen LogP contribution >= 0.6 is 0 Å². The summed E-state index contributed by atoms with van der Waals surface area (Å²) >= 11 is 0. The second-order valence-electron chi connectivity index (χ2n) is 14.5. The van der Waals surface area contributed by atoms with Crippen molar-refractivity contribution in [2.75, 3.05) is 26.4 Å². The fraction of sp³-hybridized carbons (Fsp3) is 0.489. The number of aliphatic hydroxyl groups is 3. The van der Waals surface area contributed by atoms with Gasteiger partial charge >= 0.3 is 5.97 Å². The Kier molecular flexibility index (Phi) is 16.2. The Morgan fingerprint density at radius 1 is 0.843 bits per heavy atom. The molecule has 1 saturated carbocycles. The summed E-state index contributed by atoms with van der Waals surface area (Å²) in [4.78, 5) is 12.1. The minimum absolute atomic E-state index is 0.00251. The van der Waals surface area contributed by atoms with Crippen LogP contribution in [0.5, 0.6) is 0 Å². The summed E-state index contributed by atoms with van der Waals surface area (Å²) in [6.07, 6.45) is 11.0. The molecule has 6 nitrogen and oxygen atoms in total. The summed E-state index contributed by atoms with van der Waals surface area (Å²) < 4.78 is 10.9. The van der Waals surface area contributed by atoms with Gasteiger partial charge in [0.1, 0.15) is 0 Å². The quantitative estimate of drug-likeness (QED) is 0.0358. The Morgan fingerprint density at radius 2 is 1.55 bits per heavy atom. The van der Waals surface area contributed by atoms with Crippen LogP contribution in [0.4, 0.5) is 0 Å². The molecule has 0 radical (unpaired) electrons. The molecule has 1 aliphatic rings. The minimum Gasteiger partial charge on any atom is -0.462 e. The van der Waals surface area contributed by atoms with Crippen molar-refractivity contribution in [2.24, 2.45) is 11.8 Å². The molecule has 4 rings (SSSR count). The lowest BCUT2D eigenvalue weighted by atomic mass is 9.76. The van der Waals surface area contributed by atoms with E-state index in [9.17, 15) is 20.1 Å². The van der Waals surface area contributed by atoms with Crippen LogP contribution in [0, 0.1) is 18.8 Å². The number of unbranched alkanes of at least 4 members (excludes halogenated alkanes) is 2. The van der Waals surface area contributed by atoms with Gasteiger partial charge in [0, 0.05) is 11.5 Å². The number of carbonyl (C=O) groups excluding carboxylic acids is 1. The molecule has 1 fully saturated rings. The van der Waals surface area contributed by atoms with Crippen molar-refractivity contribution in [2.45, 2.75) is 104 Å². The third kappa shape index (κ3) is 11.7. The molecule has 276 valence electrons. The third-order valence-corrected chi connectivity index (χ3v) is 10.7. The molecule has 0 amide bonds. The molecule has 0 heterocycles. The van der Waals surface area contributed by atoms with Crippen molar-refractivity contribution in [3.63, 3.8) is 0 Å². The first-order valence-electron chi connectivity index (χ1n) is 19.0. The predicted molar refractivity (Wildman–Crippen MR) is 207 cm³/mol. The number of aliphatic hydroxyl groups excluding tert-OH is 3. The maximum atomic E-state index is 12.1. The number of aryl methyl sites for hydroxylation is 3. The largest absolute Gasteiger partial charge is 0.462 e. The predicted octanol–water partition coefficient (Wildman–Crippen LogP) is 9.27. The molecular weight excluding hydrogens is 636 g/mol. The van der Waals surface area contributed by atoms with Crippen molar-refractivity contribution >= 4 is 5.97 Å². The second kappa shape index (κ2) is 20.5. The Labute approximate surface area is 306 Å². The van der Waals surface area contributed by atoms with E-state index >= 15 is 0 Å². The van der Waals surface area contributed by atoms with Crippen molar-refractivity contribution in [1.82, 2.24) is 0 Å². The molecule has 6 heteroatoms. The highest BCUT2D eigenvalue weighted by Gasteiger charge is 2.25. The molecule has 2 unspecified atom stereocenters. The Hall–Kier alpha value is -3.55. The van der Waals surface area contributed by atoms with Gasteiger partial charge in [-0.05, 0) is 121 Å². The lowest BCUT2D eigenvalue weighted by Crippen LogP contribution is -2.26. The highest BCUT2D eigenvalue weighted by Crippen LogP contribution is 2.39. The monoisotopic (exact) mass is 696 g/mol. The minimum atomic E-state index is -1.28. The highest BCUT2D eigenvalue weighted by atomic mass is 16.6. The molecule has 51 heavy (non-hydrogen) atoms. The Bertz CT molecular complexity index is 1570. The Morgan fingerprint density at radius 3 is 2.20 bits per heavy atom. The first-order valence-corrected chi connectivity index (χ1v) is 19.0. The van der Waals surface area contributed by atoms with E-state index < -0.39 is 18.9 Å². The van der Waals surface area contributed by atoms with Gasteiger partial charge in [-0.15, -0.1) is 0 Å². The molecule has 0 aliphatic heterocycles. The molecule has 3 aromatic carbocycles. The SMILES string of the molecule is C=C(CO)C(=O)OCC(CCC1CCC(c2ccc(-c3ccc(-c4ccc(CCCCC)c(CC)c4)cc3)c(C)c2)CC1)COC(O)C(=C)CO. The molecule has 3 aromatic rings. The van der Waals surface area contributed by atoms with Gasteiger partial charge in [-0.3, -0.25) is 0 Å². The van der Waals surface area contributed by atoms with Crippen LogP contribution in [0.15, 0.2) is 85.0 Å². The van der Waals surface area contributed by atoms with Gasteiger partial charge in [0.2, 0.25) is 0 Å².